The zero-order valence-corrected chi connectivity index (χ0v) is 13.5. The Kier molecular flexibility index (Phi) is 5.26. The monoisotopic (exact) mass is 314 g/mol. The Morgan fingerprint density at radius 2 is 1.87 bits per heavy atom. The van der Waals surface area contributed by atoms with Gasteiger partial charge in [-0.3, -0.25) is 4.90 Å². The topological polar surface area (TPSA) is 24.5 Å². The van der Waals surface area contributed by atoms with E-state index in [2.05, 4.69) is 22.3 Å². The number of hydrogen-bond acceptors (Lipinski definition) is 3. The normalized spacial score (nSPS) is 17.5. The number of nitrogens with zero attached hydrogens (tertiary/aromatic N) is 1. The Labute approximate surface area is 137 Å². The van der Waals surface area contributed by atoms with Crippen molar-refractivity contribution < 1.29 is 9.13 Å². The van der Waals surface area contributed by atoms with Crippen LogP contribution in [0.1, 0.15) is 23.6 Å². The number of methoxy groups -OCH3 is 1. The van der Waals surface area contributed by atoms with E-state index < -0.39 is 0 Å². The van der Waals surface area contributed by atoms with Crippen molar-refractivity contribution in [1.29, 1.82) is 0 Å². The van der Waals surface area contributed by atoms with Gasteiger partial charge in [-0.2, -0.15) is 0 Å². The summed E-state index contributed by atoms with van der Waals surface area (Å²) in [5, 5.41) is 3.44. The Balaban J connectivity index is 1.99. The van der Waals surface area contributed by atoms with Crippen LogP contribution in [0.15, 0.2) is 48.5 Å². The number of benzene rings is 2. The molecule has 3 nitrogen and oxygen atoms in total. The van der Waals surface area contributed by atoms with Crippen LogP contribution in [0.3, 0.4) is 0 Å². The number of halogens is 1. The third-order valence-electron chi connectivity index (χ3n) is 4.34. The van der Waals surface area contributed by atoms with E-state index >= 15 is 0 Å². The molecule has 1 fully saturated rings. The van der Waals surface area contributed by atoms with Crippen molar-refractivity contribution in [3.63, 3.8) is 0 Å². The molecule has 1 atom stereocenters. The van der Waals surface area contributed by atoms with Crippen molar-refractivity contribution in [2.24, 2.45) is 0 Å². The summed E-state index contributed by atoms with van der Waals surface area (Å²) in [5.74, 6) is 0.651. The minimum absolute atomic E-state index is 0.116. The highest BCUT2D eigenvalue weighted by atomic mass is 19.1. The first-order valence-electron chi connectivity index (χ1n) is 8.12. The van der Waals surface area contributed by atoms with Crippen LogP contribution in [0.2, 0.25) is 0 Å². The van der Waals surface area contributed by atoms with E-state index in [-0.39, 0.29) is 11.9 Å². The molecule has 4 heteroatoms. The summed E-state index contributed by atoms with van der Waals surface area (Å²) in [5.41, 5.74) is 2.29. The molecule has 122 valence electrons. The molecule has 1 saturated heterocycles. The summed E-state index contributed by atoms with van der Waals surface area (Å²) in [6, 6.07) is 15.1. The van der Waals surface area contributed by atoms with Crippen LogP contribution in [0.5, 0.6) is 5.75 Å². The minimum atomic E-state index is -0.198. The maximum Gasteiger partial charge on any atom is 0.123 e. The van der Waals surface area contributed by atoms with Gasteiger partial charge in [0.15, 0.2) is 0 Å². The lowest BCUT2D eigenvalue weighted by atomic mass is 9.96. The summed E-state index contributed by atoms with van der Waals surface area (Å²) >= 11 is 0. The molecule has 2 aromatic rings. The van der Waals surface area contributed by atoms with Gasteiger partial charge in [-0.05, 0) is 48.4 Å². The number of rotatable bonds is 4. The van der Waals surface area contributed by atoms with E-state index in [4.69, 9.17) is 4.74 Å². The third-order valence-corrected chi connectivity index (χ3v) is 4.34. The molecule has 1 unspecified atom stereocenters. The SMILES string of the molecule is COc1cccc(C(c2ccc(F)cc2)N2CCCNCC2)c1. The first-order valence-corrected chi connectivity index (χ1v) is 8.12. The predicted molar refractivity (Wildman–Crippen MR) is 90.3 cm³/mol. The Hall–Kier alpha value is -1.91. The lowest BCUT2D eigenvalue weighted by Crippen LogP contribution is -2.33. The van der Waals surface area contributed by atoms with Crippen molar-refractivity contribution in [3.8, 4) is 5.75 Å². The Bertz CT molecular complexity index is 622. The molecule has 3 rings (SSSR count). The van der Waals surface area contributed by atoms with E-state index in [1.165, 1.54) is 5.56 Å². The fourth-order valence-electron chi connectivity index (χ4n) is 3.20. The van der Waals surface area contributed by atoms with Gasteiger partial charge in [-0.15, -0.1) is 0 Å². The van der Waals surface area contributed by atoms with Gasteiger partial charge in [0.05, 0.1) is 13.2 Å². The smallest absolute Gasteiger partial charge is 0.123 e. The van der Waals surface area contributed by atoms with Gasteiger partial charge in [-0.1, -0.05) is 24.3 Å². The fourth-order valence-corrected chi connectivity index (χ4v) is 3.20. The zero-order valence-electron chi connectivity index (χ0n) is 13.5. The van der Waals surface area contributed by atoms with E-state index in [1.807, 2.05) is 24.3 Å². The highest BCUT2D eigenvalue weighted by molar-refractivity contribution is 5.37. The quantitative estimate of drug-likeness (QED) is 0.938. The lowest BCUT2D eigenvalue weighted by molar-refractivity contribution is 0.240. The van der Waals surface area contributed by atoms with Gasteiger partial charge < -0.3 is 10.1 Å². The fraction of sp³-hybridized carbons (Fsp3) is 0.368. The molecular formula is C19H23FN2O. The second-order valence-corrected chi connectivity index (χ2v) is 5.87. The zero-order chi connectivity index (χ0) is 16.1. The maximum absolute atomic E-state index is 13.3. The van der Waals surface area contributed by atoms with Crippen molar-refractivity contribution in [1.82, 2.24) is 10.2 Å². The third kappa shape index (κ3) is 3.89. The van der Waals surface area contributed by atoms with Gasteiger partial charge in [-0.25, -0.2) is 4.39 Å². The van der Waals surface area contributed by atoms with Crippen LogP contribution < -0.4 is 10.1 Å². The highest BCUT2D eigenvalue weighted by Crippen LogP contribution is 2.31. The summed E-state index contributed by atoms with van der Waals surface area (Å²) in [7, 11) is 1.68. The molecule has 2 aromatic carbocycles. The Morgan fingerprint density at radius 3 is 2.65 bits per heavy atom. The van der Waals surface area contributed by atoms with Crippen LogP contribution in [-0.2, 0) is 0 Å². The summed E-state index contributed by atoms with van der Waals surface area (Å²) in [6.07, 6.45) is 1.11. The average molecular weight is 314 g/mol. The van der Waals surface area contributed by atoms with Crippen molar-refractivity contribution >= 4 is 0 Å². The highest BCUT2D eigenvalue weighted by Gasteiger charge is 2.23. The molecule has 0 amide bonds. The largest absolute Gasteiger partial charge is 0.497 e. The maximum atomic E-state index is 13.3. The van der Waals surface area contributed by atoms with Gasteiger partial charge in [0.2, 0.25) is 0 Å². The van der Waals surface area contributed by atoms with E-state index in [9.17, 15) is 4.39 Å². The summed E-state index contributed by atoms with van der Waals surface area (Å²) < 4.78 is 18.7. The molecule has 1 aliphatic heterocycles. The lowest BCUT2D eigenvalue weighted by Gasteiger charge is -2.31. The van der Waals surface area contributed by atoms with Crippen molar-refractivity contribution in [3.05, 3.63) is 65.5 Å². The first kappa shape index (κ1) is 16.0. The van der Waals surface area contributed by atoms with Gasteiger partial charge in [0, 0.05) is 19.6 Å². The van der Waals surface area contributed by atoms with Crippen molar-refractivity contribution in [2.75, 3.05) is 33.3 Å². The van der Waals surface area contributed by atoms with Crippen LogP contribution in [-0.4, -0.2) is 38.2 Å². The Morgan fingerprint density at radius 1 is 1.04 bits per heavy atom. The molecular weight excluding hydrogens is 291 g/mol. The van der Waals surface area contributed by atoms with Crippen molar-refractivity contribution in [2.45, 2.75) is 12.5 Å². The molecule has 0 radical (unpaired) electrons. The molecule has 0 aromatic heterocycles. The van der Waals surface area contributed by atoms with E-state index in [0.717, 1.165) is 43.9 Å². The number of hydrogen-bond donors (Lipinski definition) is 1. The summed E-state index contributed by atoms with van der Waals surface area (Å²) in [6.45, 7) is 4.01. The van der Waals surface area contributed by atoms with E-state index in [0.29, 0.717) is 0 Å². The van der Waals surface area contributed by atoms with Crippen LogP contribution >= 0.6 is 0 Å². The standard InChI is InChI=1S/C19H23FN2O/c1-23-18-5-2-4-16(14-18)19(15-6-8-17(20)9-7-15)22-12-3-10-21-11-13-22/h2,4-9,14,19,21H,3,10-13H2,1H3. The second kappa shape index (κ2) is 7.57. The second-order valence-electron chi connectivity index (χ2n) is 5.87. The minimum Gasteiger partial charge on any atom is -0.497 e. The summed E-state index contributed by atoms with van der Waals surface area (Å²) in [4.78, 5) is 2.46. The number of nitrogens with one attached hydrogen (secondary N) is 1. The molecule has 1 heterocycles. The molecule has 0 aliphatic carbocycles. The van der Waals surface area contributed by atoms with Gasteiger partial charge >= 0.3 is 0 Å². The molecule has 1 aliphatic rings. The van der Waals surface area contributed by atoms with Crippen LogP contribution in [0, 0.1) is 5.82 Å². The van der Waals surface area contributed by atoms with Crippen LogP contribution in [0.25, 0.3) is 0 Å². The molecule has 0 bridgehead atoms. The molecule has 0 saturated carbocycles. The molecule has 0 spiro atoms. The predicted octanol–water partition coefficient (Wildman–Crippen LogP) is 3.22. The van der Waals surface area contributed by atoms with Gasteiger partial charge in [0.25, 0.3) is 0 Å². The number of ether oxygens (including phenoxy) is 1. The van der Waals surface area contributed by atoms with Crippen LogP contribution in [0.4, 0.5) is 4.39 Å². The molecule has 23 heavy (non-hydrogen) atoms. The first-order chi connectivity index (χ1) is 11.3. The van der Waals surface area contributed by atoms with Gasteiger partial charge in [0.1, 0.15) is 11.6 Å². The van der Waals surface area contributed by atoms with E-state index in [1.54, 1.807) is 19.2 Å². The molecule has 1 N–H and O–H groups in total. The average Bonchev–Trinajstić information content (AvgIpc) is 2.86.